The number of carbonyl (C=O) groups excluding carboxylic acids is 2. The first-order valence-electron chi connectivity index (χ1n) is 7.17. The summed E-state index contributed by atoms with van der Waals surface area (Å²) < 4.78 is 6.86. The second-order valence-corrected chi connectivity index (χ2v) is 5.16. The predicted molar refractivity (Wildman–Crippen MR) is 86.6 cm³/mol. The van der Waals surface area contributed by atoms with Crippen molar-refractivity contribution in [2.24, 2.45) is 7.05 Å². The predicted octanol–water partition coefficient (Wildman–Crippen LogP) is 1.41. The molecule has 7 heteroatoms. The lowest BCUT2D eigenvalue weighted by atomic mass is 10.2. The molecular formula is C16H20N4O3. The first kappa shape index (κ1) is 16.5. The van der Waals surface area contributed by atoms with Crippen LogP contribution in [0.25, 0.3) is 0 Å². The van der Waals surface area contributed by atoms with Crippen LogP contribution in [-0.2, 0) is 11.8 Å². The molecule has 23 heavy (non-hydrogen) atoms. The molecule has 0 bridgehead atoms. The fourth-order valence-electron chi connectivity index (χ4n) is 2.15. The van der Waals surface area contributed by atoms with Gasteiger partial charge in [-0.25, -0.2) is 0 Å². The smallest absolute Gasteiger partial charge is 0.271 e. The summed E-state index contributed by atoms with van der Waals surface area (Å²) in [6.07, 6.45) is 0. The van der Waals surface area contributed by atoms with E-state index in [9.17, 15) is 9.59 Å². The van der Waals surface area contributed by atoms with Crippen LogP contribution in [0.5, 0.6) is 5.75 Å². The maximum Gasteiger partial charge on any atom is 0.271 e. The Kier molecular flexibility index (Phi) is 5.00. The third kappa shape index (κ3) is 3.88. The van der Waals surface area contributed by atoms with Crippen molar-refractivity contribution in [1.82, 2.24) is 15.1 Å². The third-order valence-corrected chi connectivity index (χ3v) is 3.32. The lowest BCUT2D eigenvalue weighted by molar-refractivity contribution is -0.118. The minimum Gasteiger partial charge on any atom is -0.484 e. The van der Waals surface area contributed by atoms with Gasteiger partial charge in [0.1, 0.15) is 11.4 Å². The molecule has 1 aromatic heterocycles. The molecule has 0 unspecified atom stereocenters. The maximum absolute atomic E-state index is 12.1. The largest absolute Gasteiger partial charge is 0.484 e. The topological polar surface area (TPSA) is 85.2 Å². The van der Waals surface area contributed by atoms with Gasteiger partial charge in [0.15, 0.2) is 6.61 Å². The highest BCUT2D eigenvalue weighted by molar-refractivity contribution is 6.03. The van der Waals surface area contributed by atoms with Gasteiger partial charge in [-0.3, -0.25) is 14.3 Å². The van der Waals surface area contributed by atoms with Crippen LogP contribution in [0.4, 0.5) is 5.69 Å². The highest BCUT2D eigenvalue weighted by Gasteiger charge is 2.21. The molecule has 1 aromatic carbocycles. The molecule has 0 saturated heterocycles. The van der Waals surface area contributed by atoms with Crippen LogP contribution in [0.15, 0.2) is 24.3 Å². The van der Waals surface area contributed by atoms with Crippen molar-refractivity contribution >= 4 is 17.5 Å². The van der Waals surface area contributed by atoms with Crippen molar-refractivity contribution in [3.8, 4) is 5.75 Å². The monoisotopic (exact) mass is 316 g/mol. The first-order chi connectivity index (χ1) is 10.9. The SMILES string of the molecule is CNC(=O)c1c(NC(=O)COc2ccc(C)cc2)c(C)nn1C. The number of aryl methyl sites for hydroxylation is 3. The molecule has 7 nitrogen and oxygen atoms in total. The van der Waals surface area contributed by atoms with Gasteiger partial charge in [-0.15, -0.1) is 0 Å². The van der Waals surface area contributed by atoms with E-state index in [0.717, 1.165) is 5.56 Å². The number of aromatic nitrogens is 2. The van der Waals surface area contributed by atoms with Gasteiger partial charge in [-0.1, -0.05) is 17.7 Å². The Hall–Kier alpha value is -2.83. The van der Waals surface area contributed by atoms with E-state index in [1.807, 2.05) is 19.1 Å². The Balaban J connectivity index is 2.05. The van der Waals surface area contributed by atoms with E-state index in [-0.39, 0.29) is 18.4 Å². The maximum atomic E-state index is 12.1. The zero-order chi connectivity index (χ0) is 17.0. The van der Waals surface area contributed by atoms with Gasteiger partial charge in [0.2, 0.25) is 0 Å². The number of benzene rings is 1. The summed E-state index contributed by atoms with van der Waals surface area (Å²) in [7, 11) is 3.17. The van der Waals surface area contributed by atoms with E-state index in [1.54, 1.807) is 26.1 Å². The van der Waals surface area contributed by atoms with Gasteiger partial charge in [-0.05, 0) is 26.0 Å². The van der Waals surface area contributed by atoms with Crippen LogP contribution < -0.4 is 15.4 Å². The minimum absolute atomic E-state index is 0.148. The van der Waals surface area contributed by atoms with Crippen molar-refractivity contribution < 1.29 is 14.3 Å². The second kappa shape index (κ2) is 6.95. The van der Waals surface area contributed by atoms with Crippen LogP contribution in [0, 0.1) is 13.8 Å². The highest BCUT2D eigenvalue weighted by atomic mass is 16.5. The average molecular weight is 316 g/mol. The van der Waals surface area contributed by atoms with Gasteiger partial charge >= 0.3 is 0 Å². The summed E-state index contributed by atoms with van der Waals surface area (Å²) in [5.41, 5.74) is 2.37. The molecular weight excluding hydrogens is 296 g/mol. The van der Waals surface area contributed by atoms with Gasteiger partial charge in [0, 0.05) is 14.1 Å². The zero-order valence-electron chi connectivity index (χ0n) is 13.6. The van der Waals surface area contributed by atoms with Crippen molar-refractivity contribution in [2.45, 2.75) is 13.8 Å². The summed E-state index contributed by atoms with van der Waals surface area (Å²) >= 11 is 0. The summed E-state index contributed by atoms with van der Waals surface area (Å²) in [6.45, 7) is 3.55. The summed E-state index contributed by atoms with van der Waals surface area (Å²) in [6, 6.07) is 7.41. The lowest BCUT2D eigenvalue weighted by Gasteiger charge is -2.09. The molecule has 0 aliphatic heterocycles. The number of nitrogens with zero attached hydrogens (tertiary/aromatic N) is 2. The Morgan fingerprint density at radius 3 is 2.48 bits per heavy atom. The molecule has 2 N–H and O–H groups in total. The highest BCUT2D eigenvalue weighted by Crippen LogP contribution is 2.19. The Morgan fingerprint density at radius 2 is 1.87 bits per heavy atom. The van der Waals surface area contributed by atoms with Crippen molar-refractivity contribution in [3.05, 3.63) is 41.2 Å². The molecule has 0 spiro atoms. The van der Waals surface area contributed by atoms with E-state index in [1.165, 1.54) is 11.7 Å². The van der Waals surface area contributed by atoms with E-state index >= 15 is 0 Å². The van der Waals surface area contributed by atoms with E-state index in [4.69, 9.17) is 4.74 Å². The van der Waals surface area contributed by atoms with Gasteiger partial charge in [0.05, 0.1) is 11.4 Å². The molecule has 0 radical (unpaired) electrons. The van der Waals surface area contributed by atoms with Gasteiger partial charge in [-0.2, -0.15) is 5.10 Å². The Bertz CT molecular complexity index is 720. The number of carbonyl (C=O) groups is 2. The molecule has 122 valence electrons. The molecule has 1 heterocycles. The van der Waals surface area contributed by atoms with Crippen LogP contribution in [0.3, 0.4) is 0 Å². The molecule has 2 rings (SSSR count). The van der Waals surface area contributed by atoms with Gasteiger partial charge < -0.3 is 15.4 Å². The van der Waals surface area contributed by atoms with Crippen molar-refractivity contribution in [1.29, 1.82) is 0 Å². The molecule has 0 saturated carbocycles. The minimum atomic E-state index is -0.355. The van der Waals surface area contributed by atoms with E-state index in [0.29, 0.717) is 22.8 Å². The molecule has 2 amide bonds. The van der Waals surface area contributed by atoms with Crippen LogP contribution >= 0.6 is 0 Å². The number of anilines is 1. The standard InChI is InChI=1S/C16H20N4O3/c1-10-5-7-12(8-6-10)23-9-13(21)18-14-11(2)19-20(4)15(14)16(22)17-3/h5-8H,9H2,1-4H3,(H,17,22)(H,18,21). The zero-order valence-corrected chi connectivity index (χ0v) is 13.6. The number of amides is 2. The third-order valence-electron chi connectivity index (χ3n) is 3.32. The molecule has 2 aromatic rings. The second-order valence-electron chi connectivity index (χ2n) is 5.16. The fourth-order valence-corrected chi connectivity index (χ4v) is 2.15. The Labute approximate surface area is 134 Å². The molecule has 0 atom stereocenters. The number of hydrogen-bond acceptors (Lipinski definition) is 4. The van der Waals surface area contributed by atoms with Crippen LogP contribution in [-0.4, -0.2) is 35.2 Å². The molecule has 0 aliphatic carbocycles. The normalized spacial score (nSPS) is 10.3. The van der Waals surface area contributed by atoms with Crippen LogP contribution in [0.2, 0.25) is 0 Å². The molecule has 0 aliphatic rings. The van der Waals surface area contributed by atoms with E-state index in [2.05, 4.69) is 15.7 Å². The van der Waals surface area contributed by atoms with E-state index < -0.39 is 0 Å². The summed E-state index contributed by atoms with van der Waals surface area (Å²) in [5.74, 6) is -0.0603. The fraction of sp³-hybridized carbons (Fsp3) is 0.312. The quantitative estimate of drug-likeness (QED) is 0.873. The van der Waals surface area contributed by atoms with Crippen molar-refractivity contribution in [3.63, 3.8) is 0 Å². The summed E-state index contributed by atoms with van der Waals surface area (Å²) in [4.78, 5) is 24.0. The van der Waals surface area contributed by atoms with Gasteiger partial charge in [0.25, 0.3) is 11.8 Å². The van der Waals surface area contributed by atoms with Crippen LogP contribution in [0.1, 0.15) is 21.7 Å². The number of nitrogens with one attached hydrogen (secondary N) is 2. The lowest BCUT2D eigenvalue weighted by Crippen LogP contribution is -2.25. The number of hydrogen-bond donors (Lipinski definition) is 2. The van der Waals surface area contributed by atoms with Crippen molar-refractivity contribution in [2.75, 3.05) is 19.0 Å². The molecule has 0 fully saturated rings. The number of ether oxygens (including phenoxy) is 1. The average Bonchev–Trinajstić information content (AvgIpc) is 2.80. The summed E-state index contributed by atoms with van der Waals surface area (Å²) in [5, 5.41) is 9.38. The first-order valence-corrected chi connectivity index (χ1v) is 7.17. The Morgan fingerprint density at radius 1 is 1.22 bits per heavy atom. The number of rotatable bonds is 5.